The van der Waals surface area contributed by atoms with Gasteiger partial charge in [0, 0.05) is 19.6 Å². The quantitative estimate of drug-likeness (QED) is 0.470. The summed E-state index contributed by atoms with van der Waals surface area (Å²) < 4.78 is 0. The van der Waals surface area contributed by atoms with Crippen LogP contribution in [0.3, 0.4) is 0 Å². The van der Waals surface area contributed by atoms with E-state index in [4.69, 9.17) is 5.73 Å². The van der Waals surface area contributed by atoms with Crippen LogP contribution < -0.4 is 5.73 Å². The fourth-order valence-electron chi connectivity index (χ4n) is 3.05. The third-order valence-electron chi connectivity index (χ3n) is 4.28. The summed E-state index contributed by atoms with van der Waals surface area (Å²) in [5.41, 5.74) is 6.09. The zero-order valence-corrected chi connectivity index (χ0v) is 12.3. The van der Waals surface area contributed by atoms with Crippen LogP contribution in [0.4, 0.5) is 0 Å². The lowest BCUT2D eigenvalue weighted by Gasteiger charge is -2.21. The first kappa shape index (κ1) is 14.6. The third-order valence-corrected chi connectivity index (χ3v) is 4.28. The predicted octanol–water partition coefficient (Wildman–Crippen LogP) is 2.05. The number of rotatable bonds is 5. The van der Waals surface area contributed by atoms with Crippen molar-refractivity contribution in [1.82, 2.24) is 9.80 Å². The van der Waals surface area contributed by atoms with Gasteiger partial charge in [0.15, 0.2) is 5.96 Å². The molecule has 110 valence electrons. The van der Waals surface area contributed by atoms with E-state index in [2.05, 4.69) is 14.8 Å². The maximum absolute atomic E-state index is 6.09. The molecule has 0 aromatic heterocycles. The van der Waals surface area contributed by atoms with Crippen LogP contribution in [-0.2, 0) is 0 Å². The fraction of sp³-hybridized carbons (Fsp3) is 0.933. The first-order chi connectivity index (χ1) is 9.36. The van der Waals surface area contributed by atoms with Crippen molar-refractivity contribution in [3.63, 3.8) is 0 Å². The van der Waals surface area contributed by atoms with Crippen molar-refractivity contribution >= 4 is 5.96 Å². The Morgan fingerprint density at radius 3 is 2.16 bits per heavy atom. The number of hydrogen-bond donors (Lipinski definition) is 1. The molecule has 19 heavy (non-hydrogen) atoms. The van der Waals surface area contributed by atoms with Gasteiger partial charge in [-0.1, -0.05) is 12.8 Å². The smallest absolute Gasteiger partial charge is 0.191 e. The third kappa shape index (κ3) is 5.39. The zero-order chi connectivity index (χ0) is 13.3. The Morgan fingerprint density at radius 2 is 1.47 bits per heavy atom. The average Bonchev–Trinajstić information content (AvgIpc) is 2.78. The van der Waals surface area contributed by atoms with Gasteiger partial charge in [0.05, 0.1) is 0 Å². The van der Waals surface area contributed by atoms with Gasteiger partial charge in [0.1, 0.15) is 0 Å². The second-order valence-corrected chi connectivity index (χ2v) is 5.90. The molecule has 0 bridgehead atoms. The molecular formula is C15H30N4. The average molecular weight is 266 g/mol. The van der Waals surface area contributed by atoms with Crippen LogP contribution in [0.5, 0.6) is 0 Å². The Morgan fingerprint density at radius 1 is 0.842 bits per heavy atom. The topological polar surface area (TPSA) is 44.9 Å². The summed E-state index contributed by atoms with van der Waals surface area (Å²) in [6, 6.07) is 0. The summed E-state index contributed by atoms with van der Waals surface area (Å²) in [5, 5.41) is 0. The van der Waals surface area contributed by atoms with Gasteiger partial charge in [0.2, 0.25) is 0 Å². The van der Waals surface area contributed by atoms with Crippen molar-refractivity contribution in [1.29, 1.82) is 0 Å². The molecular weight excluding hydrogens is 236 g/mol. The van der Waals surface area contributed by atoms with Gasteiger partial charge in [0.25, 0.3) is 0 Å². The van der Waals surface area contributed by atoms with Crippen LogP contribution in [0, 0.1) is 0 Å². The summed E-state index contributed by atoms with van der Waals surface area (Å²) in [5.74, 6) is 0.781. The van der Waals surface area contributed by atoms with Crippen LogP contribution in [0.2, 0.25) is 0 Å². The largest absolute Gasteiger partial charge is 0.370 e. The number of likely N-dealkylation sites (tertiary alicyclic amines) is 2. The Balaban J connectivity index is 1.58. The molecule has 0 unspecified atom stereocenters. The molecule has 2 saturated heterocycles. The molecule has 2 rings (SSSR count). The first-order valence-corrected chi connectivity index (χ1v) is 8.13. The molecule has 0 aromatic rings. The Bertz CT molecular complexity index is 263. The fourth-order valence-corrected chi connectivity index (χ4v) is 3.05. The highest BCUT2D eigenvalue weighted by molar-refractivity contribution is 5.78. The summed E-state index contributed by atoms with van der Waals surface area (Å²) in [6.07, 6.45) is 10.4. The van der Waals surface area contributed by atoms with E-state index < -0.39 is 0 Å². The molecule has 0 radical (unpaired) electrons. The Kier molecular flexibility index (Phi) is 6.48. The lowest BCUT2D eigenvalue weighted by Crippen LogP contribution is -2.38. The molecule has 0 amide bonds. The van der Waals surface area contributed by atoms with Crippen LogP contribution in [0.25, 0.3) is 0 Å². The number of unbranched alkanes of at least 4 members (excludes halogenated alkanes) is 1. The van der Waals surface area contributed by atoms with Gasteiger partial charge in [-0.15, -0.1) is 0 Å². The molecule has 2 aliphatic heterocycles. The maximum Gasteiger partial charge on any atom is 0.191 e. The van der Waals surface area contributed by atoms with Gasteiger partial charge in [-0.3, -0.25) is 4.99 Å². The second kappa shape index (κ2) is 8.41. The number of nitrogens with zero attached hydrogens (tertiary/aromatic N) is 3. The van der Waals surface area contributed by atoms with E-state index in [1.165, 1.54) is 71.0 Å². The van der Waals surface area contributed by atoms with Crippen molar-refractivity contribution in [2.24, 2.45) is 10.7 Å². The highest BCUT2D eigenvalue weighted by Gasteiger charge is 2.11. The summed E-state index contributed by atoms with van der Waals surface area (Å²) in [4.78, 5) is 9.40. The molecule has 4 nitrogen and oxygen atoms in total. The maximum atomic E-state index is 6.09. The molecule has 2 heterocycles. The summed E-state index contributed by atoms with van der Waals surface area (Å²) >= 11 is 0. The van der Waals surface area contributed by atoms with Gasteiger partial charge < -0.3 is 15.5 Å². The monoisotopic (exact) mass is 266 g/mol. The molecule has 2 aliphatic rings. The number of aliphatic imine (C=N–C) groups is 1. The highest BCUT2D eigenvalue weighted by Crippen LogP contribution is 2.10. The van der Waals surface area contributed by atoms with E-state index in [-0.39, 0.29) is 0 Å². The molecule has 4 heteroatoms. The molecule has 0 saturated carbocycles. The van der Waals surface area contributed by atoms with Gasteiger partial charge in [-0.2, -0.15) is 0 Å². The summed E-state index contributed by atoms with van der Waals surface area (Å²) in [7, 11) is 0. The van der Waals surface area contributed by atoms with E-state index in [1.54, 1.807) is 0 Å². The van der Waals surface area contributed by atoms with E-state index in [9.17, 15) is 0 Å². The molecule has 0 aromatic carbocycles. The lowest BCUT2D eigenvalue weighted by atomic mass is 10.2. The van der Waals surface area contributed by atoms with Crippen molar-refractivity contribution in [2.75, 3.05) is 39.3 Å². The van der Waals surface area contributed by atoms with Crippen molar-refractivity contribution in [3.8, 4) is 0 Å². The second-order valence-electron chi connectivity index (χ2n) is 5.90. The zero-order valence-electron chi connectivity index (χ0n) is 12.3. The van der Waals surface area contributed by atoms with Crippen LogP contribution in [-0.4, -0.2) is 55.0 Å². The summed E-state index contributed by atoms with van der Waals surface area (Å²) in [6.45, 7) is 6.96. The van der Waals surface area contributed by atoms with E-state index in [0.717, 1.165) is 25.6 Å². The minimum Gasteiger partial charge on any atom is -0.370 e. The highest BCUT2D eigenvalue weighted by atomic mass is 15.2. The Hall–Kier alpha value is -0.770. The molecule has 0 aliphatic carbocycles. The van der Waals surface area contributed by atoms with Crippen molar-refractivity contribution in [2.45, 2.75) is 51.4 Å². The minimum atomic E-state index is 0.781. The lowest BCUT2D eigenvalue weighted by molar-refractivity contribution is 0.331. The predicted molar refractivity (Wildman–Crippen MR) is 81.4 cm³/mol. The minimum absolute atomic E-state index is 0.781. The van der Waals surface area contributed by atoms with E-state index in [0.29, 0.717) is 0 Å². The SMILES string of the molecule is NC(=NCCCCN1CCCC1)N1CCCCCC1. The van der Waals surface area contributed by atoms with Gasteiger partial charge in [-0.05, 0) is 58.2 Å². The standard InChI is InChI=1S/C15H30N4/c16-15(19-13-4-1-2-5-14-19)17-9-3-6-10-18-11-7-8-12-18/h1-14H2,(H2,16,17). The van der Waals surface area contributed by atoms with Crippen LogP contribution in [0.15, 0.2) is 4.99 Å². The molecule has 0 spiro atoms. The Labute approximate surface area is 118 Å². The number of guanidine groups is 1. The molecule has 2 fully saturated rings. The van der Waals surface area contributed by atoms with Gasteiger partial charge >= 0.3 is 0 Å². The molecule has 0 atom stereocenters. The number of nitrogens with two attached hydrogens (primary N) is 1. The van der Waals surface area contributed by atoms with Gasteiger partial charge in [-0.25, -0.2) is 0 Å². The van der Waals surface area contributed by atoms with E-state index >= 15 is 0 Å². The molecule has 2 N–H and O–H groups in total. The number of hydrogen-bond acceptors (Lipinski definition) is 2. The van der Waals surface area contributed by atoms with E-state index in [1.807, 2.05) is 0 Å². The van der Waals surface area contributed by atoms with Crippen molar-refractivity contribution in [3.05, 3.63) is 0 Å². The first-order valence-electron chi connectivity index (χ1n) is 8.13. The normalized spacial score (nSPS) is 22.7. The van der Waals surface area contributed by atoms with Crippen molar-refractivity contribution < 1.29 is 0 Å². The van der Waals surface area contributed by atoms with Crippen LogP contribution >= 0.6 is 0 Å². The van der Waals surface area contributed by atoms with Crippen LogP contribution in [0.1, 0.15) is 51.4 Å².